The molecular weight excluding hydrogens is 487 g/mol. The molecule has 5 rings (SSSR count). The monoisotopic (exact) mass is 512 g/mol. The van der Waals surface area contributed by atoms with Crippen LogP contribution in [0.15, 0.2) is 52.9 Å². The smallest absolute Gasteiger partial charge is 0.391 e. The van der Waals surface area contributed by atoms with Crippen molar-refractivity contribution in [2.75, 3.05) is 12.4 Å². The van der Waals surface area contributed by atoms with E-state index in [1.54, 1.807) is 6.07 Å². The van der Waals surface area contributed by atoms with Gasteiger partial charge in [-0.2, -0.15) is 0 Å². The first-order valence-corrected chi connectivity index (χ1v) is 13.8. The molecule has 1 fully saturated rings. The molecule has 0 bridgehead atoms. The van der Waals surface area contributed by atoms with Gasteiger partial charge in [-0.1, -0.05) is 48.8 Å². The minimum atomic E-state index is -4.51. The summed E-state index contributed by atoms with van der Waals surface area (Å²) in [6.07, 6.45) is 5.22. The minimum Gasteiger partial charge on any atom is -0.496 e. The van der Waals surface area contributed by atoms with Crippen LogP contribution in [0.25, 0.3) is 32.7 Å². The van der Waals surface area contributed by atoms with Gasteiger partial charge >= 0.3 is 7.60 Å². The predicted molar refractivity (Wildman–Crippen MR) is 136 cm³/mol. The van der Waals surface area contributed by atoms with Crippen LogP contribution in [0, 0.1) is 5.92 Å². The molecule has 0 spiro atoms. The zero-order valence-electron chi connectivity index (χ0n) is 19.1. The first-order chi connectivity index (χ1) is 16.8. The van der Waals surface area contributed by atoms with Crippen molar-refractivity contribution in [3.8, 4) is 28.2 Å². The van der Waals surface area contributed by atoms with E-state index in [-0.39, 0.29) is 11.8 Å². The number of aromatic nitrogens is 1. The molecule has 10 heteroatoms. The third-order valence-corrected chi connectivity index (χ3v) is 8.11. The Kier molecular flexibility index (Phi) is 6.51. The van der Waals surface area contributed by atoms with Crippen molar-refractivity contribution in [2.24, 2.45) is 5.92 Å². The molecule has 0 radical (unpaired) electrons. The second kappa shape index (κ2) is 9.59. The van der Waals surface area contributed by atoms with Gasteiger partial charge in [-0.3, -0.25) is 9.36 Å². The summed E-state index contributed by atoms with van der Waals surface area (Å²) in [5.74, 6) is 0.887. The summed E-state index contributed by atoms with van der Waals surface area (Å²) < 4.78 is 23.4. The molecular formula is C25H25N2O6PS. The van der Waals surface area contributed by atoms with Crippen LogP contribution < -0.4 is 15.6 Å². The second-order valence-electron chi connectivity index (χ2n) is 8.59. The van der Waals surface area contributed by atoms with Gasteiger partial charge in [0.25, 0.3) is 0 Å². The molecule has 0 saturated heterocycles. The molecule has 1 saturated carbocycles. The van der Waals surface area contributed by atoms with Crippen LogP contribution in [-0.4, -0.2) is 27.8 Å². The maximum Gasteiger partial charge on any atom is 0.391 e. The molecule has 2 heterocycles. The number of rotatable bonds is 6. The van der Waals surface area contributed by atoms with Gasteiger partial charge in [0.1, 0.15) is 11.5 Å². The highest BCUT2D eigenvalue weighted by Gasteiger charge is 2.24. The molecule has 35 heavy (non-hydrogen) atoms. The number of hydrogen-bond acceptors (Lipinski definition) is 6. The lowest BCUT2D eigenvalue weighted by molar-refractivity contribution is -0.120. The lowest BCUT2D eigenvalue weighted by atomic mass is 9.89. The summed E-state index contributed by atoms with van der Waals surface area (Å²) in [6.45, 7) is 0. The van der Waals surface area contributed by atoms with Gasteiger partial charge in [0.15, 0.2) is 5.13 Å². The third kappa shape index (κ3) is 4.90. The number of fused-ring (bicyclic) bond motifs is 1. The fraction of sp³-hybridized carbons (Fsp3) is 0.280. The summed E-state index contributed by atoms with van der Waals surface area (Å²) in [5.41, 5.74) is 2.73. The van der Waals surface area contributed by atoms with Gasteiger partial charge in [0.05, 0.1) is 22.9 Å². The number of nitrogens with zero attached hydrogens (tertiary/aromatic N) is 1. The van der Waals surface area contributed by atoms with Crippen molar-refractivity contribution in [1.82, 2.24) is 4.98 Å². The van der Waals surface area contributed by atoms with E-state index in [2.05, 4.69) is 10.3 Å². The number of furan rings is 1. The van der Waals surface area contributed by atoms with Crippen molar-refractivity contribution in [1.29, 1.82) is 0 Å². The Morgan fingerprint density at radius 2 is 1.91 bits per heavy atom. The first-order valence-electron chi connectivity index (χ1n) is 11.4. The lowest BCUT2D eigenvalue weighted by Gasteiger charge is -2.19. The molecule has 4 aromatic rings. The zero-order chi connectivity index (χ0) is 24.6. The Bertz CT molecular complexity index is 1430. The van der Waals surface area contributed by atoms with Crippen LogP contribution >= 0.6 is 18.9 Å². The Hall–Kier alpha value is -2.97. The average molecular weight is 513 g/mol. The first kappa shape index (κ1) is 23.8. The fourth-order valence-electron chi connectivity index (χ4n) is 4.50. The van der Waals surface area contributed by atoms with Crippen LogP contribution in [0.3, 0.4) is 0 Å². The van der Waals surface area contributed by atoms with Crippen molar-refractivity contribution >= 4 is 45.7 Å². The van der Waals surface area contributed by atoms with Gasteiger partial charge in [-0.25, -0.2) is 4.98 Å². The van der Waals surface area contributed by atoms with Crippen molar-refractivity contribution in [3.05, 3.63) is 48.5 Å². The summed E-state index contributed by atoms with van der Waals surface area (Å²) in [4.78, 5) is 36.2. The highest BCUT2D eigenvalue weighted by atomic mass is 32.1. The minimum absolute atomic E-state index is 0.0377. The molecule has 2 aromatic heterocycles. The van der Waals surface area contributed by atoms with Gasteiger partial charge < -0.3 is 24.3 Å². The van der Waals surface area contributed by atoms with Crippen molar-refractivity contribution in [2.45, 2.75) is 32.1 Å². The lowest BCUT2D eigenvalue weighted by Crippen LogP contribution is -2.24. The summed E-state index contributed by atoms with van der Waals surface area (Å²) in [7, 11) is -2.99. The molecule has 1 aliphatic rings. The third-order valence-electron chi connectivity index (χ3n) is 6.28. The number of hydrogen-bond donors (Lipinski definition) is 3. The number of amides is 1. The van der Waals surface area contributed by atoms with Crippen LogP contribution in [0.5, 0.6) is 5.75 Å². The Labute approximate surface area is 206 Å². The van der Waals surface area contributed by atoms with E-state index in [1.165, 1.54) is 37.0 Å². The van der Waals surface area contributed by atoms with Gasteiger partial charge in [-0.05, 0) is 48.7 Å². The highest BCUT2D eigenvalue weighted by molar-refractivity contribution is 7.59. The maximum absolute atomic E-state index is 12.7. The Morgan fingerprint density at radius 3 is 2.63 bits per heavy atom. The summed E-state index contributed by atoms with van der Waals surface area (Å²) in [5, 5.41) is 3.59. The topological polar surface area (TPSA) is 122 Å². The van der Waals surface area contributed by atoms with Gasteiger partial charge in [-0.15, -0.1) is 0 Å². The summed E-state index contributed by atoms with van der Waals surface area (Å²) in [6, 6.07) is 14.1. The molecule has 2 aromatic carbocycles. The standard InChI is InChI=1S/C25H25N2O6PS/c1-32-20-11-10-16(14-18(20)21-12-13-22(33-21)34(29,30)31)17-8-5-9-19-23(17)35-25(26-19)27-24(28)15-6-3-2-4-7-15/h5,8-15H,2-4,6-7H2,1H3,(H,26,27,28)(H2,29,30,31). The van der Waals surface area contributed by atoms with E-state index in [4.69, 9.17) is 9.15 Å². The zero-order valence-corrected chi connectivity index (χ0v) is 20.8. The molecule has 0 aliphatic heterocycles. The molecule has 0 atom stereocenters. The highest BCUT2D eigenvalue weighted by Crippen LogP contribution is 2.41. The van der Waals surface area contributed by atoms with E-state index in [9.17, 15) is 19.1 Å². The molecule has 182 valence electrons. The molecule has 1 aliphatic carbocycles. The largest absolute Gasteiger partial charge is 0.496 e. The quantitative estimate of drug-likeness (QED) is 0.289. The van der Waals surface area contributed by atoms with E-state index < -0.39 is 13.1 Å². The number of nitrogens with one attached hydrogen (secondary N) is 1. The van der Waals surface area contributed by atoms with E-state index in [1.807, 2.05) is 30.3 Å². The Balaban J connectivity index is 1.50. The second-order valence-corrected chi connectivity index (χ2v) is 11.1. The number of thiazole rings is 1. The van der Waals surface area contributed by atoms with E-state index in [0.29, 0.717) is 22.2 Å². The number of benzene rings is 2. The fourth-order valence-corrected chi connectivity index (χ4v) is 5.99. The van der Waals surface area contributed by atoms with Gasteiger partial charge in [0, 0.05) is 11.5 Å². The van der Waals surface area contributed by atoms with Crippen molar-refractivity contribution in [3.63, 3.8) is 0 Å². The average Bonchev–Trinajstić information content (AvgIpc) is 3.51. The predicted octanol–water partition coefficient (Wildman–Crippen LogP) is 5.55. The van der Waals surface area contributed by atoms with Crippen LogP contribution in [-0.2, 0) is 9.36 Å². The SMILES string of the molecule is COc1ccc(-c2cccc3nc(NC(=O)C4CCCCC4)sc23)cc1-c1ccc(P(=O)(O)O)o1. The van der Waals surface area contributed by atoms with Crippen LogP contribution in [0.4, 0.5) is 5.13 Å². The number of anilines is 1. The van der Waals surface area contributed by atoms with Crippen molar-refractivity contribution < 1.29 is 28.3 Å². The number of carbonyl (C=O) groups excluding carboxylic acids is 1. The Morgan fingerprint density at radius 1 is 1.11 bits per heavy atom. The molecule has 8 nitrogen and oxygen atoms in total. The summed E-state index contributed by atoms with van der Waals surface area (Å²) >= 11 is 1.43. The van der Waals surface area contributed by atoms with E-state index >= 15 is 0 Å². The number of methoxy groups -OCH3 is 1. The van der Waals surface area contributed by atoms with E-state index in [0.717, 1.165) is 47.0 Å². The van der Waals surface area contributed by atoms with Crippen LogP contribution in [0.2, 0.25) is 0 Å². The molecule has 1 amide bonds. The molecule has 0 unspecified atom stereocenters. The normalized spacial score (nSPS) is 14.8. The number of ether oxygens (including phenoxy) is 1. The van der Waals surface area contributed by atoms with Gasteiger partial charge in [0.2, 0.25) is 11.4 Å². The maximum atomic E-state index is 12.7. The number of carbonyl (C=O) groups is 1. The van der Waals surface area contributed by atoms with Crippen LogP contribution in [0.1, 0.15) is 32.1 Å². The molecule has 3 N–H and O–H groups in total.